The van der Waals surface area contributed by atoms with Gasteiger partial charge in [0.25, 0.3) is 0 Å². The number of amides is 2. The smallest absolute Gasteiger partial charge is 0.319 e. The predicted octanol–water partition coefficient (Wildman–Crippen LogP) is 5.61. The Balaban J connectivity index is 0.986. The number of aryl methyl sites for hydroxylation is 1. The molecule has 4 atom stereocenters. The summed E-state index contributed by atoms with van der Waals surface area (Å²) in [5, 5.41) is 10.9. The lowest BCUT2D eigenvalue weighted by Gasteiger charge is -2.39. The molecule has 3 N–H and O–H groups in total. The first-order valence-corrected chi connectivity index (χ1v) is 13.3. The number of anilines is 2. The van der Waals surface area contributed by atoms with Crippen molar-refractivity contribution in [3.05, 3.63) is 65.7 Å². The Morgan fingerprint density at radius 3 is 2.51 bits per heavy atom. The summed E-state index contributed by atoms with van der Waals surface area (Å²) in [7, 11) is 0. The molecule has 3 heterocycles. The highest BCUT2D eigenvalue weighted by molar-refractivity contribution is 5.93. The van der Waals surface area contributed by atoms with Crippen molar-refractivity contribution in [2.45, 2.75) is 81.6 Å². The number of aromatic nitrogens is 1. The first-order valence-electron chi connectivity index (χ1n) is 13.3. The molecule has 180 valence electrons. The zero-order valence-electron chi connectivity index (χ0n) is 20.0. The molecule has 6 nitrogen and oxygen atoms in total. The van der Waals surface area contributed by atoms with E-state index in [1.807, 2.05) is 24.3 Å². The number of hydrogen-bond donors (Lipinski definition) is 3. The van der Waals surface area contributed by atoms with Crippen molar-refractivity contribution in [3.8, 4) is 0 Å². The number of carbonyl (C=O) groups is 1. The molecule has 0 spiro atoms. The SMILES string of the molecule is O=C(Nc1ccc2nc(N[C@@H]3CCc4ccccc43)ccc2c1)NC1C[C@H]2CC[C@@H](C1)N2C1CC1. The fraction of sp³-hybridized carbons (Fsp3) is 0.448. The molecule has 2 bridgehead atoms. The molecule has 7 rings (SSSR count). The van der Waals surface area contributed by atoms with Crippen LogP contribution in [0.15, 0.2) is 54.6 Å². The molecule has 1 aromatic heterocycles. The number of fused-ring (bicyclic) bond motifs is 4. The molecule has 2 amide bonds. The van der Waals surface area contributed by atoms with Gasteiger partial charge in [-0.3, -0.25) is 4.90 Å². The van der Waals surface area contributed by atoms with E-state index in [9.17, 15) is 4.79 Å². The van der Waals surface area contributed by atoms with Crippen LogP contribution < -0.4 is 16.0 Å². The molecule has 0 radical (unpaired) electrons. The van der Waals surface area contributed by atoms with Crippen LogP contribution in [0.1, 0.15) is 62.1 Å². The normalized spacial score (nSPS) is 27.5. The van der Waals surface area contributed by atoms with Gasteiger partial charge in [0.15, 0.2) is 0 Å². The van der Waals surface area contributed by atoms with Crippen LogP contribution in [0.3, 0.4) is 0 Å². The summed E-state index contributed by atoms with van der Waals surface area (Å²) >= 11 is 0. The summed E-state index contributed by atoms with van der Waals surface area (Å²) in [6.07, 6.45) is 9.71. The maximum atomic E-state index is 12.8. The second kappa shape index (κ2) is 8.52. The minimum Gasteiger partial charge on any atom is -0.363 e. The Kier molecular flexibility index (Phi) is 5.16. The van der Waals surface area contributed by atoms with Gasteiger partial charge in [-0.1, -0.05) is 24.3 Å². The predicted molar refractivity (Wildman–Crippen MR) is 140 cm³/mol. The van der Waals surface area contributed by atoms with Crippen LogP contribution in [0.4, 0.5) is 16.3 Å². The van der Waals surface area contributed by atoms with Gasteiger partial charge in [0.05, 0.1) is 11.6 Å². The van der Waals surface area contributed by atoms with Crippen molar-refractivity contribution >= 4 is 28.4 Å². The minimum absolute atomic E-state index is 0.0974. The lowest BCUT2D eigenvalue weighted by molar-refractivity contribution is 0.111. The highest BCUT2D eigenvalue weighted by Gasteiger charge is 2.47. The van der Waals surface area contributed by atoms with Crippen molar-refractivity contribution in [1.82, 2.24) is 15.2 Å². The van der Waals surface area contributed by atoms with Gasteiger partial charge < -0.3 is 16.0 Å². The fourth-order valence-corrected chi connectivity index (χ4v) is 6.82. The molecular formula is C29H33N5O. The summed E-state index contributed by atoms with van der Waals surface area (Å²) < 4.78 is 0. The van der Waals surface area contributed by atoms with E-state index in [1.54, 1.807) is 0 Å². The Labute approximate surface area is 206 Å². The highest BCUT2D eigenvalue weighted by Crippen LogP contribution is 2.43. The molecule has 6 heteroatoms. The van der Waals surface area contributed by atoms with Crippen LogP contribution in [-0.2, 0) is 6.42 Å². The van der Waals surface area contributed by atoms with E-state index in [4.69, 9.17) is 4.98 Å². The molecule has 2 aliphatic carbocycles. The largest absolute Gasteiger partial charge is 0.363 e. The first kappa shape index (κ1) is 21.2. The number of carbonyl (C=O) groups excluding carboxylic acids is 1. The molecule has 2 aromatic carbocycles. The van der Waals surface area contributed by atoms with Gasteiger partial charge in [-0.2, -0.15) is 0 Å². The van der Waals surface area contributed by atoms with Gasteiger partial charge in [-0.15, -0.1) is 0 Å². The van der Waals surface area contributed by atoms with E-state index >= 15 is 0 Å². The summed E-state index contributed by atoms with van der Waals surface area (Å²) in [4.78, 5) is 20.4. The van der Waals surface area contributed by atoms with Crippen LogP contribution in [0.5, 0.6) is 0 Å². The first-order chi connectivity index (χ1) is 17.2. The van der Waals surface area contributed by atoms with Gasteiger partial charge >= 0.3 is 6.03 Å². The third-order valence-corrected chi connectivity index (χ3v) is 8.50. The van der Waals surface area contributed by atoms with Gasteiger partial charge in [0.2, 0.25) is 0 Å². The number of piperidine rings is 1. The molecule has 35 heavy (non-hydrogen) atoms. The van der Waals surface area contributed by atoms with E-state index < -0.39 is 0 Å². The van der Waals surface area contributed by atoms with Crippen molar-refractivity contribution < 1.29 is 4.79 Å². The summed E-state index contributed by atoms with van der Waals surface area (Å²) in [6.45, 7) is 0. The van der Waals surface area contributed by atoms with E-state index in [0.717, 1.165) is 54.1 Å². The van der Waals surface area contributed by atoms with Crippen LogP contribution in [-0.4, -0.2) is 40.1 Å². The molecule has 2 aliphatic heterocycles. The fourth-order valence-electron chi connectivity index (χ4n) is 6.82. The molecule has 4 aliphatic rings. The molecular weight excluding hydrogens is 434 g/mol. The Bertz CT molecular complexity index is 1260. The van der Waals surface area contributed by atoms with E-state index in [1.165, 1.54) is 36.8 Å². The van der Waals surface area contributed by atoms with E-state index in [2.05, 4.69) is 51.2 Å². The molecule has 3 fully saturated rings. The van der Waals surface area contributed by atoms with Gasteiger partial charge in [0.1, 0.15) is 5.82 Å². The number of pyridine rings is 1. The number of rotatable bonds is 5. The quantitative estimate of drug-likeness (QED) is 0.456. The second-order valence-corrected chi connectivity index (χ2v) is 10.9. The van der Waals surface area contributed by atoms with Gasteiger partial charge in [-0.25, -0.2) is 9.78 Å². The van der Waals surface area contributed by atoms with Gasteiger partial charge in [0, 0.05) is 35.2 Å². The van der Waals surface area contributed by atoms with Gasteiger partial charge in [-0.05, 0) is 92.8 Å². The van der Waals surface area contributed by atoms with Crippen LogP contribution in [0.2, 0.25) is 0 Å². The number of nitrogens with zero attached hydrogens (tertiary/aromatic N) is 2. The highest BCUT2D eigenvalue weighted by atomic mass is 16.2. The molecule has 3 aromatic rings. The minimum atomic E-state index is -0.0974. The summed E-state index contributed by atoms with van der Waals surface area (Å²) in [5.41, 5.74) is 4.55. The Morgan fingerprint density at radius 2 is 1.69 bits per heavy atom. The van der Waals surface area contributed by atoms with E-state index in [-0.39, 0.29) is 12.1 Å². The third-order valence-electron chi connectivity index (χ3n) is 8.50. The summed E-state index contributed by atoms with van der Waals surface area (Å²) in [6, 6.07) is 21.4. The average molecular weight is 468 g/mol. The molecule has 1 unspecified atom stereocenters. The van der Waals surface area contributed by atoms with Crippen LogP contribution in [0, 0.1) is 0 Å². The Hall–Kier alpha value is -3.12. The van der Waals surface area contributed by atoms with Crippen molar-refractivity contribution in [2.24, 2.45) is 0 Å². The van der Waals surface area contributed by atoms with Crippen molar-refractivity contribution in [3.63, 3.8) is 0 Å². The monoisotopic (exact) mass is 467 g/mol. The number of urea groups is 1. The second-order valence-electron chi connectivity index (χ2n) is 10.9. The number of hydrogen-bond acceptors (Lipinski definition) is 4. The van der Waals surface area contributed by atoms with Crippen molar-refractivity contribution in [1.29, 1.82) is 0 Å². The maximum Gasteiger partial charge on any atom is 0.319 e. The van der Waals surface area contributed by atoms with Crippen LogP contribution in [0.25, 0.3) is 10.9 Å². The lowest BCUT2D eigenvalue weighted by atomic mass is 9.97. The van der Waals surface area contributed by atoms with Crippen LogP contribution >= 0.6 is 0 Å². The maximum absolute atomic E-state index is 12.8. The molecule has 2 saturated heterocycles. The lowest BCUT2D eigenvalue weighted by Crippen LogP contribution is -2.51. The standard InChI is InChI=1S/C29H33N5O/c35-29(31-21-16-23-10-11-24(17-21)34(23)22-8-9-22)30-20-7-13-26-19(15-20)6-14-28(32-26)33-27-12-5-18-3-1-2-4-25(18)27/h1-4,6-7,13-15,21-24,27H,5,8-12,16-17H2,(H,32,33)(H2,30,31,35)/t21?,23-,24+,27-/m1/s1. The zero-order chi connectivity index (χ0) is 23.4. The zero-order valence-corrected chi connectivity index (χ0v) is 20.0. The molecule has 1 saturated carbocycles. The Morgan fingerprint density at radius 1 is 0.886 bits per heavy atom. The average Bonchev–Trinajstić information content (AvgIpc) is 3.57. The third kappa shape index (κ3) is 4.14. The van der Waals surface area contributed by atoms with E-state index in [0.29, 0.717) is 18.1 Å². The van der Waals surface area contributed by atoms with Crippen molar-refractivity contribution in [2.75, 3.05) is 10.6 Å². The number of benzene rings is 2. The topological polar surface area (TPSA) is 69.3 Å². The number of nitrogens with one attached hydrogen (secondary N) is 3. The summed E-state index contributed by atoms with van der Waals surface area (Å²) in [5.74, 6) is 0.893.